The molecule has 0 saturated carbocycles. The van der Waals surface area contributed by atoms with Crippen molar-refractivity contribution >= 4 is 23.2 Å². The second kappa shape index (κ2) is 5.18. The van der Waals surface area contributed by atoms with Crippen molar-refractivity contribution < 1.29 is 9.84 Å². The van der Waals surface area contributed by atoms with Crippen molar-refractivity contribution in [1.29, 1.82) is 0 Å². The Balaban J connectivity index is 2.51. The average molecular weight is 287 g/mol. The average Bonchev–Trinajstić information content (AvgIpc) is 2.73. The molecule has 0 radical (unpaired) electrons. The molecule has 18 heavy (non-hydrogen) atoms. The van der Waals surface area contributed by atoms with Crippen LogP contribution in [0, 0.1) is 0 Å². The summed E-state index contributed by atoms with van der Waals surface area (Å²) in [6, 6.07) is 5.11. The highest BCUT2D eigenvalue weighted by molar-refractivity contribution is 6.42. The quantitative estimate of drug-likeness (QED) is 0.944. The van der Waals surface area contributed by atoms with Gasteiger partial charge >= 0.3 is 0 Å². The van der Waals surface area contributed by atoms with Gasteiger partial charge in [0.05, 0.1) is 23.4 Å². The molecule has 4 nitrogen and oxygen atoms in total. The third-order valence-electron chi connectivity index (χ3n) is 2.70. The first-order chi connectivity index (χ1) is 8.56. The van der Waals surface area contributed by atoms with E-state index in [2.05, 4.69) is 5.10 Å². The van der Waals surface area contributed by atoms with Gasteiger partial charge in [-0.25, -0.2) is 0 Å². The van der Waals surface area contributed by atoms with Crippen LogP contribution in [0.4, 0.5) is 0 Å². The van der Waals surface area contributed by atoms with Crippen molar-refractivity contribution in [3.63, 3.8) is 0 Å². The topological polar surface area (TPSA) is 47.3 Å². The van der Waals surface area contributed by atoms with Gasteiger partial charge in [-0.15, -0.1) is 0 Å². The van der Waals surface area contributed by atoms with Crippen molar-refractivity contribution in [1.82, 2.24) is 9.78 Å². The SMILES string of the molecule is COc1cnn(C)c1C(O)c1cccc(Cl)c1Cl. The molecule has 2 aromatic rings. The minimum atomic E-state index is -0.946. The number of hydrogen-bond acceptors (Lipinski definition) is 3. The van der Waals surface area contributed by atoms with E-state index in [9.17, 15) is 5.11 Å². The van der Waals surface area contributed by atoms with Gasteiger partial charge in [0.15, 0.2) is 5.75 Å². The van der Waals surface area contributed by atoms with E-state index in [1.165, 1.54) is 13.3 Å². The molecule has 0 aliphatic heterocycles. The van der Waals surface area contributed by atoms with Gasteiger partial charge in [-0.3, -0.25) is 4.68 Å². The molecule has 1 unspecified atom stereocenters. The van der Waals surface area contributed by atoms with E-state index in [1.807, 2.05) is 0 Å². The fourth-order valence-electron chi connectivity index (χ4n) is 1.77. The van der Waals surface area contributed by atoms with Crippen molar-refractivity contribution in [2.45, 2.75) is 6.10 Å². The van der Waals surface area contributed by atoms with Crippen LogP contribution in [0.5, 0.6) is 5.75 Å². The van der Waals surface area contributed by atoms with Gasteiger partial charge in [0.2, 0.25) is 0 Å². The molecule has 1 atom stereocenters. The largest absolute Gasteiger partial charge is 0.493 e. The monoisotopic (exact) mass is 286 g/mol. The second-order valence-electron chi connectivity index (χ2n) is 3.77. The van der Waals surface area contributed by atoms with E-state index in [1.54, 1.807) is 29.9 Å². The highest BCUT2D eigenvalue weighted by atomic mass is 35.5. The standard InChI is InChI=1S/C12H12Cl2N2O2/c1-16-11(9(18-2)6-15-16)12(17)7-4-3-5-8(13)10(7)14/h3-6,12,17H,1-2H3. The summed E-state index contributed by atoms with van der Waals surface area (Å²) in [5.74, 6) is 0.501. The number of methoxy groups -OCH3 is 1. The smallest absolute Gasteiger partial charge is 0.162 e. The van der Waals surface area contributed by atoms with Crippen LogP contribution in [-0.2, 0) is 7.05 Å². The molecule has 0 fully saturated rings. The van der Waals surface area contributed by atoms with Crippen LogP contribution in [0.3, 0.4) is 0 Å². The molecule has 1 N–H and O–H groups in total. The fourth-order valence-corrected chi connectivity index (χ4v) is 2.19. The van der Waals surface area contributed by atoms with Gasteiger partial charge in [0.1, 0.15) is 11.8 Å². The van der Waals surface area contributed by atoms with Gasteiger partial charge in [0.25, 0.3) is 0 Å². The van der Waals surface area contributed by atoms with Crippen LogP contribution in [0.25, 0.3) is 0 Å². The first kappa shape index (κ1) is 13.2. The number of benzene rings is 1. The van der Waals surface area contributed by atoms with Crippen LogP contribution in [-0.4, -0.2) is 22.0 Å². The second-order valence-corrected chi connectivity index (χ2v) is 4.55. The van der Waals surface area contributed by atoms with Crippen LogP contribution in [0.1, 0.15) is 17.4 Å². The maximum Gasteiger partial charge on any atom is 0.162 e. The van der Waals surface area contributed by atoms with Crippen molar-refractivity contribution in [2.75, 3.05) is 7.11 Å². The van der Waals surface area contributed by atoms with Crippen molar-refractivity contribution in [3.05, 3.63) is 45.7 Å². The zero-order chi connectivity index (χ0) is 13.3. The Labute approximate surface area is 115 Å². The molecule has 1 aromatic heterocycles. The number of hydrogen-bond donors (Lipinski definition) is 1. The third-order valence-corrected chi connectivity index (χ3v) is 3.54. The molecule has 0 spiro atoms. The van der Waals surface area contributed by atoms with E-state index < -0.39 is 6.10 Å². The van der Waals surface area contributed by atoms with E-state index >= 15 is 0 Å². The number of nitrogens with zero attached hydrogens (tertiary/aromatic N) is 2. The molecule has 1 heterocycles. The summed E-state index contributed by atoms with van der Waals surface area (Å²) < 4.78 is 6.70. The van der Waals surface area contributed by atoms with E-state index in [0.717, 1.165) is 0 Å². The zero-order valence-electron chi connectivity index (χ0n) is 9.89. The van der Waals surface area contributed by atoms with Gasteiger partial charge in [0, 0.05) is 12.6 Å². The molecule has 6 heteroatoms. The summed E-state index contributed by atoms with van der Waals surface area (Å²) in [6.45, 7) is 0. The van der Waals surface area contributed by atoms with Crippen molar-refractivity contribution in [2.24, 2.45) is 7.05 Å². The summed E-state index contributed by atoms with van der Waals surface area (Å²) >= 11 is 12.0. The molecule has 2 rings (SSSR count). The Morgan fingerprint density at radius 2 is 2.11 bits per heavy atom. The first-order valence-corrected chi connectivity index (χ1v) is 5.99. The van der Waals surface area contributed by atoms with E-state index in [0.29, 0.717) is 27.1 Å². The number of aliphatic hydroxyl groups excluding tert-OH is 1. The predicted molar refractivity (Wildman–Crippen MR) is 70.3 cm³/mol. The Morgan fingerprint density at radius 3 is 2.78 bits per heavy atom. The first-order valence-electron chi connectivity index (χ1n) is 5.24. The number of ether oxygens (including phenoxy) is 1. The Kier molecular flexibility index (Phi) is 3.80. The Bertz CT molecular complexity index is 569. The molecule has 0 saturated heterocycles. The number of halogens is 2. The van der Waals surface area contributed by atoms with E-state index in [-0.39, 0.29) is 0 Å². The van der Waals surface area contributed by atoms with Gasteiger partial charge in [-0.05, 0) is 6.07 Å². The minimum Gasteiger partial charge on any atom is -0.493 e. The summed E-state index contributed by atoms with van der Waals surface area (Å²) in [5, 5.41) is 15.2. The maximum atomic E-state index is 10.4. The number of rotatable bonds is 3. The normalized spacial score (nSPS) is 12.5. The lowest BCUT2D eigenvalue weighted by Crippen LogP contribution is -2.08. The third kappa shape index (κ3) is 2.19. The minimum absolute atomic E-state index is 0.329. The molecule has 0 aliphatic carbocycles. The van der Waals surface area contributed by atoms with Gasteiger partial charge in [-0.1, -0.05) is 35.3 Å². The van der Waals surface area contributed by atoms with Crippen LogP contribution in [0.2, 0.25) is 10.0 Å². The molecule has 0 bridgehead atoms. The lowest BCUT2D eigenvalue weighted by atomic mass is 10.1. The van der Waals surface area contributed by atoms with Crippen LogP contribution >= 0.6 is 23.2 Å². The molecular weight excluding hydrogens is 275 g/mol. The molecule has 0 aliphatic rings. The molecule has 1 aromatic carbocycles. The molecule has 96 valence electrons. The number of aliphatic hydroxyl groups is 1. The Hall–Kier alpha value is -1.23. The van der Waals surface area contributed by atoms with E-state index in [4.69, 9.17) is 27.9 Å². The predicted octanol–water partition coefficient (Wildman–Crippen LogP) is 2.82. The fraction of sp³-hybridized carbons (Fsp3) is 0.250. The summed E-state index contributed by atoms with van der Waals surface area (Å²) in [5.41, 5.74) is 1.05. The number of aromatic nitrogens is 2. The van der Waals surface area contributed by atoms with Crippen LogP contribution in [0.15, 0.2) is 24.4 Å². The highest BCUT2D eigenvalue weighted by Crippen LogP contribution is 2.35. The Morgan fingerprint density at radius 1 is 1.39 bits per heavy atom. The van der Waals surface area contributed by atoms with Gasteiger partial charge in [-0.2, -0.15) is 5.10 Å². The lowest BCUT2D eigenvalue weighted by molar-refractivity contribution is 0.204. The highest BCUT2D eigenvalue weighted by Gasteiger charge is 2.22. The maximum absolute atomic E-state index is 10.4. The summed E-state index contributed by atoms with van der Waals surface area (Å²) in [7, 11) is 3.24. The number of aryl methyl sites for hydroxylation is 1. The summed E-state index contributed by atoms with van der Waals surface area (Å²) in [6.07, 6.45) is 0.593. The van der Waals surface area contributed by atoms with Gasteiger partial charge < -0.3 is 9.84 Å². The molecular formula is C12H12Cl2N2O2. The molecule has 0 amide bonds. The lowest BCUT2D eigenvalue weighted by Gasteiger charge is -2.15. The summed E-state index contributed by atoms with van der Waals surface area (Å²) in [4.78, 5) is 0. The zero-order valence-corrected chi connectivity index (χ0v) is 11.4. The van der Waals surface area contributed by atoms with Crippen molar-refractivity contribution in [3.8, 4) is 5.75 Å². The van der Waals surface area contributed by atoms with Crippen LogP contribution < -0.4 is 4.74 Å².